The second-order valence-corrected chi connectivity index (χ2v) is 10.4. The molecular formula is C34H40Cl2N4O7. The molecular weight excluding hydrogens is 647 g/mol. The van der Waals surface area contributed by atoms with Crippen molar-refractivity contribution in [2.75, 3.05) is 79.3 Å². The lowest BCUT2D eigenvalue weighted by Gasteiger charge is -2.27. The number of hydrogen-bond donors (Lipinski definition) is 1. The lowest BCUT2D eigenvalue weighted by molar-refractivity contribution is -0.906. The highest BCUT2D eigenvalue weighted by atomic mass is 35.5. The average molecular weight is 688 g/mol. The average Bonchev–Trinajstić information content (AvgIpc) is 3.10. The van der Waals surface area contributed by atoms with Gasteiger partial charge in [-0.25, -0.2) is 4.98 Å². The van der Waals surface area contributed by atoms with Crippen molar-refractivity contribution in [1.82, 2.24) is 0 Å². The summed E-state index contributed by atoms with van der Waals surface area (Å²) in [7, 11) is 6.35. The number of nitrogens with zero attached hydrogens (tertiary/aromatic N) is 2. The summed E-state index contributed by atoms with van der Waals surface area (Å²) >= 11 is 0. The number of oxime groups is 1. The molecule has 0 atom stereocenters. The smallest absolute Gasteiger partial charge is 0.267 e. The van der Waals surface area contributed by atoms with Crippen molar-refractivity contribution < 1.29 is 68.0 Å². The second kappa shape index (κ2) is 18.2. The Balaban J connectivity index is 0.00000300. The molecule has 3 aromatic carbocycles. The van der Waals surface area contributed by atoms with Gasteiger partial charge < -0.3 is 63.1 Å². The van der Waals surface area contributed by atoms with E-state index in [2.05, 4.69) is 10.1 Å². The number of benzene rings is 3. The van der Waals surface area contributed by atoms with E-state index in [0.29, 0.717) is 46.5 Å². The van der Waals surface area contributed by atoms with Gasteiger partial charge in [-0.1, -0.05) is 23.4 Å². The molecule has 0 unspecified atom stereocenters. The van der Waals surface area contributed by atoms with Gasteiger partial charge in [-0.05, 0) is 47.9 Å². The van der Waals surface area contributed by atoms with Gasteiger partial charge in [0, 0.05) is 17.3 Å². The summed E-state index contributed by atoms with van der Waals surface area (Å²) in [6, 6.07) is 20.8. The SMILES string of the molecule is COc1ccc(/C(=N\OCC(=O)N(CC[NH+]2CCOCC2)c2ccccc2)c2[nH+]ccc3cc(OC)c(OC)cc23)cc1OC.[Cl-].[Cl-]. The van der Waals surface area contributed by atoms with Gasteiger partial charge >= 0.3 is 0 Å². The van der Waals surface area contributed by atoms with Gasteiger partial charge in [0.05, 0.1) is 60.1 Å². The Morgan fingerprint density at radius 2 is 1.51 bits per heavy atom. The number of para-hydroxylation sites is 1. The van der Waals surface area contributed by atoms with E-state index >= 15 is 0 Å². The highest BCUT2D eigenvalue weighted by Gasteiger charge is 2.24. The molecule has 0 bridgehead atoms. The molecule has 0 radical (unpaired) electrons. The zero-order valence-electron chi connectivity index (χ0n) is 26.9. The first-order chi connectivity index (χ1) is 22.1. The zero-order valence-corrected chi connectivity index (χ0v) is 28.4. The summed E-state index contributed by atoms with van der Waals surface area (Å²) < 4.78 is 27.7. The van der Waals surface area contributed by atoms with Crippen LogP contribution >= 0.6 is 0 Å². The largest absolute Gasteiger partial charge is 1.00 e. The third kappa shape index (κ3) is 8.95. The lowest BCUT2D eigenvalue weighted by atomic mass is 10.0. The molecule has 1 aliphatic rings. The van der Waals surface area contributed by atoms with Crippen molar-refractivity contribution >= 4 is 28.1 Å². The number of H-pyrrole nitrogens is 1. The summed E-state index contributed by atoms with van der Waals surface area (Å²) in [5.41, 5.74) is 2.62. The number of carbonyl (C=O) groups excluding carboxylic acids is 1. The van der Waals surface area contributed by atoms with Crippen molar-refractivity contribution in [2.45, 2.75) is 0 Å². The summed E-state index contributed by atoms with van der Waals surface area (Å²) in [5.74, 6) is 2.07. The van der Waals surface area contributed by atoms with E-state index in [1.807, 2.05) is 66.9 Å². The molecule has 2 heterocycles. The number of pyridine rings is 1. The van der Waals surface area contributed by atoms with Crippen LogP contribution < -0.4 is 58.5 Å². The van der Waals surface area contributed by atoms with E-state index in [1.165, 1.54) is 4.90 Å². The van der Waals surface area contributed by atoms with Gasteiger partial charge in [0.15, 0.2) is 41.5 Å². The number of ether oxygens (including phenoxy) is 5. The summed E-state index contributed by atoms with van der Waals surface area (Å²) in [5, 5.41) is 6.27. The number of amides is 1. The molecule has 1 amide bonds. The lowest BCUT2D eigenvalue weighted by Crippen LogP contribution is -3.14. The van der Waals surface area contributed by atoms with Crippen molar-refractivity contribution in [2.24, 2.45) is 5.16 Å². The standard InChI is InChI=1S/C34H38N4O7.2ClH/c1-40-28-11-10-25(21-29(28)41-2)33(34-27-22-31(43-4)30(42-3)20-24(27)12-13-35-34)36-45-23-32(39)38(26-8-6-5-7-9-26)15-14-37-16-18-44-19-17-37;;/h5-13,20-22H,14-19,23H2,1-4H3;2*1H/b36-33+;;. The fraction of sp³-hybridized carbons (Fsp3) is 0.324. The quantitative estimate of drug-likeness (QED) is 0.115. The molecule has 1 fully saturated rings. The number of halogens is 2. The van der Waals surface area contributed by atoms with Crippen LogP contribution in [0.4, 0.5) is 5.69 Å². The van der Waals surface area contributed by atoms with E-state index in [1.54, 1.807) is 39.4 Å². The van der Waals surface area contributed by atoms with E-state index < -0.39 is 0 Å². The van der Waals surface area contributed by atoms with Crippen LogP contribution in [0, 0.1) is 0 Å². The predicted molar refractivity (Wildman–Crippen MR) is 170 cm³/mol. The van der Waals surface area contributed by atoms with Crippen molar-refractivity contribution in [3.63, 3.8) is 0 Å². The number of rotatable bonds is 13. The van der Waals surface area contributed by atoms with Crippen LogP contribution in [-0.2, 0) is 14.4 Å². The number of quaternary nitrogens is 1. The predicted octanol–water partition coefficient (Wildman–Crippen LogP) is -3.59. The first kappa shape index (κ1) is 37.2. The molecule has 47 heavy (non-hydrogen) atoms. The number of nitrogens with one attached hydrogen (secondary N) is 2. The van der Waals surface area contributed by atoms with Crippen LogP contribution in [-0.4, -0.2) is 86.1 Å². The Morgan fingerprint density at radius 1 is 0.851 bits per heavy atom. The maximum atomic E-state index is 13.6. The normalized spacial score (nSPS) is 13.1. The van der Waals surface area contributed by atoms with Crippen LogP contribution in [0.5, 0.6) is 23.0 Å². The number of methoxy groups -OCH3 is 4. The Labute approximate surface area is 287 Å². The maximum Gasteiger partial charge on any atom is 0.267 e. The van der Waals surface area contributed by atoms with Crippen LogP contribution in [0.1, 0.15) is 11.3 Å². The second-order valence-electron chi connectivity index (χ2n) is 10.4. The first-order valence-corrected chi connectivity index (χ1v) is 14.8. The Bertz CT molecular complexity index is 1640. The Morgan fingerprint density at radius 3 is 2.19 bits per heavy atom. The van der Waals surface area contributed by atoms with Gasteiger partial charge in [0.25, 0.3) is 5.91 Å². The number of carbonyl (C=O) groups is 1. The molecule has 252 valence electrons. The van der Waals surface area contributed by atoms with Gasteiger partial charge in [0.2, 0.25) is 5.69 Å². The van der Waals surface area contributed by atoms with E-state index in [9.17, 15) is 4.79 Å². The molecule has 13 heteroatoms. The van der Waals surface area contributed by atoms with Crippen LogP contribution in [0.3, 0.4) is 0 Å². The number of hydrogen-bond acceptors (Lipinski definition) is 8. The fourth-order valence-corrected chi connectivity index (χ4v) is 5.38. The molecule has 1 aromatic heterocycles. The molecule has 1 aliphatic heterocycles. The molecule has 0 saturated carbocycles. The highest BCUT2D eigenvalue weighted by molar-refractivity contribution is 6.17. The van der Waals surface area contributed by atoms with Crippen molar-refractivity contribution in [3.05, 3.63) is 84.2 Å². The van der Waals surface area contributed by atoms with Gasteiger partial charge in [0.1, 0.15) is 13.1 Å². The van der Waals surface area contributed by atoms with Crippen LogP contribution in [0.25, 0.3) is 10.8 Å². The Hall–Kier alpha value is -4.29. The molecule has 5 rings (SSSR count). The fourth-order valence-electron chi connectivity index (χ4n) is 5.38. The monoisotopic (exact) mass is 686 g/mol. The third-order valence-corrected chi connectivity index (χ3v) is 7.81. The van der Waals surface area contributed by atoms with E-state index in [4.69, 9.17) is 28.5 Å². The summed E-state index contributed by atoms with van der Waals surface area (Å²) in [4.78, 5) is 26.0. The maximum absolute atomic E-state index is 13.6. The highest BCUT2D eigenvalue weighted by Crippen LogP contribution is 2.34. The Kier molecular flexibility index (Phi) is 14.4. The van der Waals surface area contributed by atoms with E-state index in [0.717, 1.165) is 49.3 Å². The number of fused-ring (bicyclic) bond motifs is 1. The van der Waals surface area contributed by atoms with Gasteiger partial charge in [-0.15, -0.1) is 0 Å². The van der Waals surface area contributed by atoms with Crippen molar-refractivity contribution in [1.29, 1.82) is 0 Å². The minimum absolute atomic E-state index is 0. The number of aromatic amines is 1. The molecule has 0 aliphatic carbocycles. The molecule has 1 saturated heterocycles. The van der Waals surface area contributed by atoms with E-state index in [-0.39, 0.29) is 37.3 Å². The number of anilines is 1. The molecule has 0 spiro atoms. The number of aromatic nitrogens is 1. The zero-order chi connectivity index (χ0) is 31.6. The summed E-state index contributed by atoms with van der Waals surface area (Å²) in [6.45, 7) is 4.40. The molecule has 11 nitrogen and oxygen atoms in total. The summed E-state index contributed by atoms with van der Waals surface area (Å²) in [6.07, 6.45) is 1.82. The van der Waals surface area contributed by atoms with Crippen LogP contribution in [0.2, 0.25) is 0 Å². The minimum atomic E-state index is -0.258. The topological polar surface area (TPSA) is 107 Å². The number of morpholine rings is 1. The molecule has 2 N–H and O–H groups in total. The van der Waals surface area contributed by atoms with Gasteiger partial charge in [-0.2, -0.15) is 0 Å². The molecule has 4 aromatic rings. The van der Waals surface area contributed by atoms with Gasteiger partial charge in [-0.3, -0.25) is 4.79 Å². The minimum Gasteiger partial charge on any atom is -1.00 e. The van der Waals surface area contributed by atoms with Crippen LogP contribution in [0.15, 0.2) is 78.1 Å². The van der Waals surface area contributed by atoms with Crippen molar-refractivity contribution in [3.8, 4) is 23.0 Å². The third-order valence-electron chi connectivity index (χ3n) is 7.81. The first-order valence-electron chi connectivity index (χ1n) is 14.8.